The van der Waals surface area contributed by atoms with Gasteiger partial charge < -0.3 is 19.5 Å². The Morgan fingerprint density at radius 3 is 2.15 bits per heavy atom. The van der Waals surface area contributed by atoms with Crippen molar-refractivity contribution in [1.82, 2.24) is 5.32 Å². The van der Waals surface area contributed by atoms with Crippen LogP contribution in [-0.2, 0) is 9.53 Å². The average Bonchev–Trinajstić information content (AvgIpc) is 2.42. The van der Waals surface area contributed by atoms with Gasteiger partial charge in [-0.1, -0.05) is 6.07 Å². The van der Waals surface area contributed by atoms with Gasteiger partial charge in [-0.2, -0.15) is 0 Å². The quantitative estimate of drug-likeness (QED) is 0.797. The average molecular weight is 281 g/mol. The van der Waals surface area contributed by atoms with Crippen LogP contribution in [0, 0.1) is 0 Å². The molecule has 0 unspecified atom stereocenters. The SMILES string of the molecule is COc1cccc(OC)c1C(=O)OCC(=O)NC(C)C. The normalized spacial score (nSPS) is 10.1. The monoisotopic (exact) mass is 281 g/mol. The van der Waals surface area contributed by atoms with E-state index in [9.17, 15) is 9.59 Å². The van der Waals surface area contributed by atoms with Gasteiger partial charge in [-0.25, -0.2) is 4.79 Å². The molecule has 0 radical (unpaired) electrons. The molecule has 0 heterocycles. The van der Waals surface area contributed by atoms with Crippen molar-refractivity contribution in [3.63, 3.8) is 0 Å². The van der Waals surface area contributed by atoms with E-state index in [1.54, 1.807) is 18.2 Å². The fourth-order valence-corrected chi connectivity index (χ4v) is 1.62. The number of carbonyl (C=O) groups is 2. The fraction of sp³-hybridized carbons (Fsp3) is 0.429. The number of rotatable bonds is 6. The van der Waals surface area contributed by atoms with Crippen LogP contribution in [0.1, 0.15) is 24.2 Å². The number of esters is 1. The number of benzene rings is 1. The highest BCUT2D eigenvalue weighted by Gasteiger charge is 2.20. The van der Waals surface area contributed by atoms with Crippen molar-refractivity contribution in [2.24, 2.45) is 0 Å². The van der Waals surface area contributed by atoms with Crippen LogP contribution in [-0.4, -0.2) is 38.7 Å². The molecule has 20 heavy (non-hydrogen) atoms. The Morgan fingerprint density at radius 1 is 1.15 bits per heavy atom. The van der Waals surface area contributed by atoms with E-state index < -0.39 is 5.97 Å². The molecule has 0 fully saturated rings. The van der Waals surface area contributed by atoms with E-state index >= 15 is 0 Å². The summed E-state index contributed by atoms with van der Waals surface area (Å²) in [5.74, 6) is -0.363. The molecule has 1 amide bonds. The highest BCUT2D eigenvalue weighted by molar-refractivity contribution is 5.96. The van der Waals surface area contributed by atoms with Gasteiger partial charge in [0, 0.05) is 6.04 Å². The van der Waals surface area contributed by atoms with Crippen molar-refractivity contribution in [3.05, 3.63) is 23.8 Å². The number of amides is 1. The van der Waals surface area contributed by atoms with Gasteiger partial charge in [-0.3, -0.25) is 4.79 Å². The maximum absolute atomic E-state index is 12.0. The summed E-state index contributed by atoms with van der Waals surface area (Å²) >= 11 is 0. The number of nitrogens with one attached hydrogen (secondary N) is 1. The van der Waals surface area contributed by atoms with Crippen LogP contribution < -0.4 is 14.8 Å². The first kappa shape index (κ1) is 15.8. The number of methoxy groups -OCH3 is 2. The summed E-state index contributed by atoms with van der Waals surface area (Å²) in [5.41, 5.74) is 0.162. The first-order chi connectivity index (χ1) is 9.49. The van der Waals surface area contributed by atoms with Crippen LogP contribution in [0.2, 0.25) is 0 Å². The second-order valence-electron chi connectivity index (χ2n) is 4.34. The van der Waals surface area contributed by atoms with Gasteiger partial charge in [0.1, 0.15) is 17.1 Å². The Kier molecular flexibility index (Phi) is 5.83. The van der Waals surface area contributed by atoms with Gasteiger partial charge in [0.2, 0.25) is 0 Å². The number of ether oxygens (including phenoxy) is 3. The molecule has 0 atom stereocenters. The summed E-state index contributed by atoms with van der Waals surface area (Å²) in [5, 5.41) is 2.63. The smallest absolute Gasteiger partial charge is 0.346 e. The van der Waals surface area contributed by atoms with Gasteiger partial charge in [0.25, 0.3) is 5.91 Å². The van der Waals surface area contributed by atoms with Crippen molar-refractivity contribution in [2.45, 2.75) is 19.9 Å². The van der Waals surface area contributed by atoms with Crippen LogP contribution in [0.3, 0.4) is 0 Å². The standard InChI is InChI=1S/C14H19NO5/c1-9(2)15-12(16)8-20-14(17)13-10(18-3)6-5-7-11(13)19-4/h5-7,9H,8H2,1-4H3,(H,15,16). The Hall–Kier alpha value is -2.24. The van der Waals surface area contributed by atoms with Gasteiger partial charge in [0.05, 0.1) is 14.2 Å². The lowest BCUT2D eigenvalue weighted by Gasteiger charge is -2.13. The lowest BCUT2D eigenvalue weighted by atomic mass is 10.2. The Morgan fingerprint density at radius 2 is 1.70 bits per heavy atom. The molecule has 1 rings (SSSR count). The highest BCUT2D eigenvalue weighted by Crippen LogP contribution is 2.28. The zero-order valence-electron chi connectivity index (χ0n) is 12.1. The minimum absolute atomic E-state index is 0.0120. The topological polar surface area (TPSA) is 73.9 Å². The summed E-state index contributed by atoms with van der Waals surface area (Å²) in [6.07, 6.45) is 0. The molecule has 0 aliphatic carbocycles. The van der Waals surface area contributed by atoms with Crippen LogP contribution in [0.5, 0.6) is 11.5 Å². The first-order valence-electron chi connectivity index (χ1n) is 6.17. The number of hydrogen-bond donors (Lipinski definition) is 1. The third-order valence-electron chi connectivity index (χ3n) is 2.42. The summed E-state index contributed by atoms with van der Waals surface area (Å²) in [7, 11) is 2.88. The molecule has 6 heteroatoms. The van der Waals surface area contributed by atoms with Crippen molar-refractivity contribution < 1.29 is 23.8 Å². The Labute approximate surface area is 118 Å². The zero-order valence-corrected chi connectivity index (χ0v) is 12.1. The Bertz CT molecular complexity index is 462. The van der Waals surface area contributed by atoms with Crippen molar-refractivity contribution in [3.8, 4) is 11.5 Å². The van der Waals surface area contributed by atoms with E-state index in [0.717, 1.165) is 0 Å². The molecule has 0 aromatic heterocycles. The molecule has 0 saturated carbocycles. The maximum Gasteiger partial charge on any atom is 0.346 e. The molecule has 6 nitrogen and oxygen atoms in total. The van der Waals surface area contributed by atoms with Crippen LogP contribution >= 0.6 is 0 Å². The fourth-order valence-electron chi connectivity index (χ4n) is 1.62. The molecular weight excluding hydrogens is 262 g/mol. The predicted molar refractivity (Wildman–Crippen MR) is 73.1 cm³/mol. The first-order valence-corrected chi connectivity index (χ1v) is 6.17. The molecule has 0 aliphatic heterocycles. The minimum Gasteiger partial charge on any atom is -0.496 e. The Balaban J connectivity index is 2.79. The summed E-state index contributed by atoms with van der Waals surface area (Å²) in [4.78, 5) is 23.5. The van der Waals surface area contributed by atoms with Gasteiger partial charge in [0.15, 0.2) is 6.61 Å². The minimum atomic E-state index is -0.668. The molecule has 0 spiro atoms. The number of hydrogen-bond acceptors (Lipinski definition) is 5. The van der Waals surface area contributed by atoms with E-state index in [4.69, 9.17) is 14.2 Å². The molecule has 1 aromatic rings. The van der Waals surface area contributed by atoms with Crippen LogP contribution in [0.15, 0.2) is 18.2 Å². The van der Waals surface area contributed by atoms with Crippen LogP contribution in [0.4, 0.5) is 0 Å². The van der Waals surface area contributed by atoms with Gasteiger partial charge in [-0.05, 0) is 26.0 Å². The maximum atomic E-state index is 12.0. The van der Waals surface area contributed by atoms with Crippen LogP contribution in [0.25, 0.3) is 0 Å². The molecular formula is C14H19NO5. The van der Waals surface area contributed by atoms with Crippen molar-refractivity contribution >= 4 is 11.9 Å². The lowest BCUT2D eigenvalue weighted by molar-refractivity contribution is -0.124. The number of carbonyl (C=O) groups excluding carboxylic acids is 2. The van der Waals surface area contributed by atoms with E-state index in [2.05, 4.69) is 5.32 Å². The second-order valence-corrected chi connectivity index (χ2v) is 4.34. The molecule has 0 bridgehead atoms. The van der Waals surface area contributed by atoms with E-state index in [0.29, 0.717) is 11.5 Å². The van der Waals surface area contributed by atoms with E-state index in [-0.39, 0.29) is 24.1 Å². The van der Waals surface area contributed by atoms with E-state index in [1.807, 2.05) is 13.8 Å². The van der Waals surface area contributed by atoms with Gasteiger partial charge in [-0.15, -0.1) is 0 Å². The third kappa shape index (κ3) is 4.15. The van der Waals surface area contributed by atoms with Gasteiger partial charge >= 0.3 is 5.97 Å². The largest absolute Gasteiger partial charge is 0.496 e. The molecule has 1 aromatic carbocycles. The summed E-state index contributed by atoms with van der Waals surface area (Å²) < 4.78 is 15.2. The molecule has 1 N–H and O–H groups in total. The van der Waals surface area contributed by atoms with E-state index in [1.165, 1.54) is 14.2 Å². The molecule has 110 valence electrons. The summed E-state index contributed by atoms with van der Waals surface area (Å²) in [6.45, 7) is 3.30. The summed E-state index contributed by atoms with van der Waals surface area (Å²) in [6, 6.07) is 4.92. The molecule has 0 saturated heterocycles. The second kappa shape index (κ2) is 7.37. The predicted octanol–water partition coefficient (Wildman–Crippen LogP) is 1.39. The lowest BCUT2D eigenvalue weighted by Crippen LogP contribution is -2.34. The third-order valence-corrected chi connectivity index (χ3v) is 2.42. The van der Waals surface area contributed by atoms with Crippen molar-refractivity contribution in [1.29, 1.82) is 0 Å². The zero-order chi connectivity index (χ0) is 15.1. The molecule has 0 aliphatic rings. The van der Waals surface area contributed by atoms with Crippen molar-refractivity contribution in [2.75, 3.05) is 20.8 Å². The highest BCUT2D eigenvalue weighted by atomic mass is 16.5.